The fraction of sp³-hybridized carbons (Fsp3) is 0.571. The molecule has 7 heteroatoms. The van der Waals surface area contributed by atoms with Crippen LogP contribution in [0.5, 0.6) is 0 Å². The number of carbonyl (C=O) groups is 1. The van der Waals surface area contributed by atoms with Crippen molar-refractivity contribution >= 4 is 11.7 Å². The van der Waals surface area contributed by atoms with Gasteiger partial charge in [0.25, 0.3) is 5.78 Å². The van der Waals surface area contributed by atoms with E-state index in [1.54, 1.807) is 11.4 Å². The van der Waals surface area contributed by atoms with Crippen molar-refractivity contribution in [3.8, 4) is 0 Å². The first-order valence-corrected chi connectivity index (χ1v) is 7.09. The summed E-state index contributed by atoms with van der Waals surface area (Å²) < 4.78 is 1.69. The number of amides is 1. The van der Waals surface area contributed by atoms with Gasteiger partial charge in [0.2, 0.25) is 5.91 Å². The Morgan fingerprint density at radius 1 is 1.48 bits per heavy atom. The maximum Gasteiger partial charge on any atom is 0.252 e. The zero-order valence-corrected chi connectivity index (χ0v) is 12.6. The van der Waals surface area contributed by atoms with Crippen molar-refractivity contribution in [3.05, 3.63) is 23.3 Å². The van der Waals surface area contributed by atoms with E-state index in [1.165, 1.54) is 6.33 Å². The molecular formula is C14H21N5O2. The van der Waals surface area contributed by atoms with E-state index in [9.17, 15) is 4.79 Å². The highest BCUT2D eigenvalue weighted by molar-refractivity contribution is 5.76. The third kappa shape index (κ3) is 3.75. The average Bonchev–Trinajstić information content (AvgIpc) is 2.86. The molecule has 114 valence electrons. The molecule has 0 saturated carbocycles. The quantitative estimate of drug-likeness (QED) is 0.811. The molecule has 2 aromatic heterocycles. The summed E-state index contributed by atoms with van der Waals surface area (Å²) in [6, 6.07) is 0. The highest BCUT2D eigenvalue weighted by Gasteiger charge is 2.12. The second kappa shape index (κ2) is 6.62. The van der Waals surface area contributed by atoms with Crippen LogP contribution < -0.4 is 5.32 Å². The summed E-state index contributed by atoms with van der Waals surface area (Å²) in [5, 5.41) is 16.1. The Hall–Kier alpha value is -2.02. The Kier molecular flexibility index (Phi) is 4.85. The van der Waals surface area contributed by atoms with Gasteiger partial charge in [0, 0.05) is 24.4 Å². The number of aliphatic hydroxyl groups excluding tert-OH is 1. The number of aryl methyl sites for hydroxylation is 2. The van der Waals surface area contributed by atoms with Crippen LogP contribution in [0.3, 0.4) is 0 Å². The highest BCUT2D eigenvalue weighted by Crippen LogP contribution is 2.14. The molecule has 2 heterocycles. The third-order valence-electron chi connectivity index (χ3n) is 3.47. The fourth-order valence-electron chi connectivity index (χ4n) is 2.26. The van der Waals surface area contributed by atoms with Crippen molar-refractivity contribution in [1.82, 2.24) is 24.9 Å². The number of hydrogen-bond donors (Lipinski definition) is 2. The van der Waals surface area contributed by atoms with Crippen LogP contribution >= 0.6 is 0 Å². The minimum atomic E-state index is -0.395. The molecule has 0 aliphatic rings. The van der Waals surface area contributed by atoms with Crippen molar-refractivity contribution in [2.75, 3.05) is 6.54 Å². The predicted octanol–water partition coefficient (Wildman–Crippen LogP) is 0.561. The number of aromatic nitrogens is 4. The molecule has 0 fully saturated rings. The molecule has 0 aromatic carbocycles. The molecule has 2 aromatic rings. The number of hydrogen-bond acceptors (Lipinski definition) is 5. The number of carbonyl (C=O) groups excluding carboxylic acids is 1. The first-order valence-electron chi connectivity index (χ1n) is 7.09. The molecule has 0 bridgehead atoms. The molecule has 0 radical (unpaired) electrons. The normalized spacial score (nSPS) is 12.6. The van der Waals surface area contributed by atoms with E-state index < -0.39 is 6.10 Å². The molecule has 1 atom stereocenters. The number of rotatable bonds is 6. The first-order chi connectivity index (χ1) is 9.99. The third-order valence-corrected chi connectivity index (χ3v) is 3.47. The summed E-state index contributed by atoms with van der Waals surface area (Å²) in [6.45, 7) is 6.08. The molecule has 0 saturated heterocycles. The van der Waals surface area contributed by atoms with Gasteiger partial charge in [-0.2, -0.15) is 10.1 Å². The van der Waals surface area contributed by atoms with Crippen molar-refractivity contribution < 1.29 is 9.90 Å². The van der Waals surface area contributed by atoms with Crippen LogP contribution in [0.25, 0.3) is 5.78 Å². The highest BCUT2D eigenvalue weighted by atomic mass is 16.3. The molecule has 2 N–H and O–H groups in total. The lowest BCUT2D eigenvalue weighted by Crippen LogP contribution is -2.26. The van der Waals surface area contributed by atoms with E-state index in [0.29, 0.717) is 31.6 Å². The summed E-state index contributed by atoms with van der Waals surface area (Å²) in [7, 11) is 0. The van der Waals surface area contributed by atoms with Gasteiger partial charge in [-0.3, -0.25) is 4.79 Å². The molecule has 7 nitrogen and oxygen atoms in total. The average molecular weight is 291 g/mol. The van der Waals surface area contributed by atoms with Crippen LogP contribution in [0.15, 0.2) is 6.33 Å². The number of nitrogens with one attached hydrogen (secondary N) is 1. The topological polar surface area (TPSA) is 92.4 Å². The van der Waals surface area contributed by atoms with E-state index >= 15 is 0 Å². The summed E-state index contributed by atoms with van der Waals surface area (Å²) in [6.07, 6.45) is 2.65. The fourth-order valence-corrected chi connectivity index (χ4v) is 2.26. The van der Waals surface area contributed by atoms with Crippen molar-refractivity contribution in [1.29, 1.82) is 0 Å². The van der Waals surface area contributed by atoms with Gasteiger partial charge in [0.1, 0.15) is 6.33 Å². The Labute approximate surface area is 123 Å². The largest absolute Gasteiger partial charge is 0.393 e. The summed E-state index contributed by atoms with van der Waals surface area (Å²) >= 11 is 0. The Balaban J connectivity index is 1.98. The monoisotopic (exact) mass is 291 g/mol. The van der Waals surface area contributed by atoms with Crippen molar-refractivity contribution in [2.24, 2.45) is 0 Å². The van der Waals surface area contributed by atoms with Crippen LogP contribution in [0.2, 0.25) is 0 Å². The molecule has 1 unspecified atom stereocenters. The van der Waals surface area contributed by atoms with E-state index in [4.69, 9.17) is 5.11 Å². The molecular weight excluding hydrogens is 270 g/mol. The summed E-state index contributed by atoms with van der Waals surface area (Å²) in [5.41, 5.74) is 2.87. The van der Waals surface area contributed by atoms with Gasteiger partial charge in [-0.05, 0) is 39.2 Å². The van der Waals surface area contributed by atoms with Crippen LogP contribution in [0, 0.1) is 13.8 Å². The van der Waals surface area contributed by atoms with E-state index in [0.717, 1.165) is 17.0 Å². The molecule has 2 rings (SSSR count). The minimum absolute atomic E-state index is 0.0202. The molecule has 21 heavy (non-hydrogen) atoms. The van der Waals surface area contributed by atoms with E-state index in [1.807, 2.05) is 13.8 Å². The predicted molar refractivity (Wildman–Crippen MR) is 77.9 cm³/mol. The number of nitrogens with zero attached hydrogens (tertiary/aromatic N) is 4. The zero-order chi connectivity index (χ0) is 15.4. The van der Waals surface area contributed by atoms with Gasteiger partial charge in [0.05, 0.1) is 6.10 Å². The first kappa shape index (κ1) is 15.4. The smallest absolute Gasteiger partial charge is 0.252 e. The lowest BCUT2D eigenvalue weighted by atomic mass is 10.1. The molecule has 0 aliphatic heterocycles. The Morgan fingerprint density at radius 2 is 2.24 bits per heavy atom. The Bertz CT molecular complexity index is 636. The van der Waals surface area contributed by atoms with E-state index in [-0.39, 0.29) is 5.91 Å². The number of fused-ring (bicyclic) bond motifs is 1. The summed E-state index contributed by atoms with van der Waals surface area (Å²) in [4.78, 5) is 20.2. The second-order valence-corrected chi connectivity index (χ2v) is 5.22. The molecule has 1 amide bonds. The second-order valence-electron chi connectivity index (χ2n) is 5.22. The Morgan fingerprint density at radius 3 is 2.95 bits per heavy atom. The molecule has 0 aliphatic carbocycles. The van der Waals surface area contributed by atoms with Gasteiger partial charge in [-0.25, -0.2) is 9.50 Å². The van der Waals surface area contributed by atoms with Crippen molar-refractivity contribution in [3.63, 3.8) is 0 Å². The minimum Gasteiger partial charge on any atom is -0.393 e. The molecule has 0 spiro atoms. The van der Waals surface area contributed by atoms with Gasteiger partial charge in [-0.1, -0.05) is 0 Å². The van der Waals surface area contributed by atoms with Gasteiger partial charge in [-0.15, -0.1) is 0 Å². The van der Waals surface area contributed by atoms with Gasteiger partial charge < -0.3 is 10.4 Å². The maximum atomic E-state index is 11.8. The standard InChI is InChI=1S/C14H21N5O2/c1-9(20)6-7-15-13(21)5-4-12-10(2)18-14-16-8-17-19(14)11(12)3/h8-9,20H,4-7H2,1-3H3,(H,15,21). The summed E-state index contributed by atoms with van der Waals surface area (Å²) in [5.74, 6) is 0.559. The van der Waals surface area contributed by atoms with E-state index in [2.05, 4.69) is 20.4 Å². The van der Waals surface area contributed by atoms with Crippen LogP contribution in [0.4, 0.5) is 0 Å². The van der Waals surface area contributed by atoms with Gasteiger partial charge in [0.15, 0.2) is 0 Å². The van der Waals surface area contributed by atoms with Crippen LogP contribution in [0.1, 0.15) is 36.7 Å². The van der Waals surface area contributed by atoms with Crippen LogP contribution in [-0.4, -0.2) is 43.2 Å². The van der Waals surface area contributed by atoms with Crippen LogP contribution in [-0.2, 0) is 11.2 Å². The lowest BCUT2D eigenvalue weighted by Gasteiger charge is -2.11. The zero-order valence-electron chi connectivity index (χ0n) is 12.6. The number of aliphatic hydroxyl groups is 1. The maximum absolute atomic E-state index is 11.8. The van der Waals surface area contributed by atoms with Gasteiger partial charge >= 0.3 is 0 Å². The van der Waals surface area contributed by atoms with Crippen molar-refractivity contribution in [2.45, 2.75) is 46.1 Å². The SMILES string of the molecule is Cc1nc2ncnn2c(C)c1CCC(=O)NCCC(C)O. The lowest BCUT2D eigenvalue weighted by molar-refractivity contribution is -0.121.